The van der Waals surface area contributed by atoms with Crippen molar-refractivity contribution in [1.29, 1.82) is 0 Å². The van der Waals surface area contributed by atoms with Gasteiger partial charge in [-0.05, 0) is 35.4 Å². The van der Waals surface area contributed by atoms with Crippen molar-refractivity contribution in [1.82, 2.24) is 15.1 Å². The van der Waals surface area contributed by atoms with E-state index in [0.29, 0.717) is 43.6 Å². The molecule has 0 spiro atoms. The lowest BCUT2D eigenvalue weighted by atomic mass is 9.98. The molecule has 0 N–H and O–H groups in total. The maximum atomic E-state index is 12.6. The van der Waals surface area contributed by atoms with Crippen LogP contribution in [0.2, 0.25) is 0 Å². The van der Waals surface area contributed by atoms with Gasteiger partial charge in [0.1, 0.15) is 0 Å². The summed E-state index contributed by atoms with van der Waals surface area (Å²) in [5.41, 5.74) is 3.49. The van der Waals surface area contributed by atoms with Crippen LogP contribution >= 0.6 is 0 Å². The van der Waals surface area contributed by atoms with E-state index in [1.807, 2.05) is 23.1 Å². The van der Waals surface area contributed by atoms with Crippen LogP contribution in [0.4, 0.5) is 0 Å². The molecule has 2 heterocycles. The molecule has 6 heteroatoms. The fraction of sp³-hybridized carbons (Fsp3) is 0.400. The molecule has 1 aliphatic rings. The number of piperidine rings is 1. The Kier molecular flexibility index (Phi) is 7.10. The van der Waals surface area contributed by atoms with E-state index in [9.17, 15) is 4.79 Å². The first-order valence-corrected chi connectivity index (χ1v) is 10.9. The van der Waals surface area contributed by atoms with Gasteiger partial charge in [-0.2, -0.15) is 0 Å². The Bertz CT molecular complexity index is 967. The Morgan fingerprint density at radius 1 is 1.06 bits per heavy atom. The molecule has 1 fully saturated rings. The first kappa shape index (κ1) is 21.2. The molecule has 1 atom stereocenters. The maximum Gasteiger partial charge on any atom is 0.223 e. The summed E-state index contributed by atoms with van der Waals surface area (Å²) in [6.45, 7) is 2.32. The molecule has 31 heavy (non-hydrogen) atoms. The number of aryl methyl sites for hydroxylation is 1. The highest BCUT2D eigenvalue weighted by Crippen LogP contribution is 2.21. The van der Waals surface area contributed by atoms with E-state index in [-0.39, 0.29) is 5.91 Å². The average molecular weight is 420 g/mol. The van der Waals surface area contributed by atoms with E-state index < -0.39 is 0 Å². The third kappa shape index (κ3) is 5.79. The van der Waals surface area contributed by atoms with Crippen LogP contribution in [0.15, 0.2) is 59.0 Å². The zero-order valence-corrected chi connectivity index (χ0v) is 18.0. The lowest BCUT2D eigenvalue weighted by Gasteiger charge is -2.32. The van der Waals surface area contributed by atoms with Crippen LogP contribution in [-0.4, -0.2) is 47.8 Å². The Hall–Kier alpha value is -2.99. The minimum atomic E-state index is 0.150. The molecule has 0 radical (unpaired) electrons. The summed E-state index contributed by atoms with van der Waals surface area (Å²) < 4.78 is 11.0. The lowest BCUT2D eigenvalue weighted by molar-refractivity contribution is -0.133. The van der Waals surface area contributed by atoms with Gasteiger partial charge in [0.2, 0.25) is 17.7 Å². The quantitative estimate of drug-likeness (QED) is 0.549. The summed E-state index contributed by atoms with van der Waals surface area (Å²) in [4.78, 5) is 14.5. The molecule has 0 unspecified atom stereocenters. The first-order chi connectivity index (χ1) is 15.2. The second kappa shape index (κ2) is 10.4. The molecule has 6 nitrogen and oxygen atoms in total. The third-order valence-corrected chi connectivity index (χ3v) is 5.75. The standard InChI is InChI=1S/C25H29N3O3/c1-30-18-20-6-5-15-28(17-20)25(29)14-13-23-26-27-24(31-23)16-19-9-11-22(12-10-19)21-7-3-2-4-8-21/h2-4,7-12,20H,5-6,13-18H2,1H3/t20-/m0/s1. The van der Waals surface area contributed by atoms with Gasteiger partial charge >= 0.3 is 0 Å². The summed E-state index contributed by atoms with van der Waals surface area (Å²) in [6, 6.07) is 18.7. The molecule has 4 rings (SSSR count). The van der Waals surface area contributed by atoms with Crippen molar-refractivity contribution in [2.75, 3.05) is 26.8 Å². The number of methoxy groups -OCH3 is 1. The van der Waals surface area contributed by atoms with Crippen molar-refractivity contribution in [2.45, 2.75) is 32.1 Å². The molecule has 1 aromatic heterocycles. The molecule has 0 bridgehead atoms. The smallest absolute Gasteiger partial charge is 0.223 e. The van der Waals surface area contributed by atoms with Crippen LogP contribution in [0, 0.1) is 5.92 Å². The summed E-state index contributed by atoms with van der Waals surface area (Å²) >= 11 is 0. The number of benzene rings is 2. The summed E-state index contributed by atoms with van der Waals surface area (Å²) in [5, 5.41) is 8.29. The van der Waals surface area contributed by atoms with Gasteiger partial charge in [0, 0.05) is 33.0 Å². The highest BCUT2D eigenvalue weighted by Gasteiger charge is 2.23. The van der Waals surface area contributed by atoms with Crippen LogP contribution < -0.4 is 0 Å². The van der Waals surface area contributed by atoms with Crippen LogP contribution in [0.1, 0.15) is 36.6 Å². The van der Waals surface area contributed by atoms with E-state index >= 15 is 0 Å². The highest BCUT2D eigenvalue weighted by molar-refractivity contribution is 5.76. The molecule has 162 valence electrons. The first-order valence-electron chi connectivity index (χ1n) is 10.9. The van der Waals surface area contributed by atoms with Crippen LogP contribution in [0.3, 0.4) is 0 Å². The second-order valence-corrected chi connectivity index (χ2v) is 8.13. The Morgan fingerprint density at radius 3 is 2.58 bits per heavy atom. The number of amides is 1. The van der Waals surface area contributed by atoms with E-state index in [4.69, 9.17) is 9.15 Å². The van der Waals surface area contributed by atoms with Crippen molar-refractivity contribution in [3.05, 3.63) is 71.9 Å². The van der Waals surface area contributed by atoms with Gasteiger partial charge < -0.3 is 14.1 Å². The minimum Gasteiger partial charge on any atom is -0.425 e. The SMILES string of the molecule is COC[C@H]1CCCN(C(=O)CCc2nnc(Cc3ccc(-c4ccccc4)cc3)o2)C1. The van der Waals surface area contributed by atoms with Crippen LogP contribution in [0.25, 0.3) is 11.1 Å². The Morgan fingerprint density at radius 2 is 1.81 bits per heavy atom. The zero-order valence-electron chi connectivity index (χ0n) is 18.0. The Balaban J connectivity index is 1.28. The van der Waals surface area contributed by atoms with Gasteiger partial charge in [-0.25, -0.2) is 0 Å². The molecule has 2 aromatic carbocycles. The Labute approximate surface area is 183 Å². The van der Waals surface area contributed by atoms with Gasteiger partial charge in [0.05, 0.1) is 13.0 Å². The van der Waals surface area contributed by atoms with E-state index in [0.717, 1.165) is 31.5 Å². The third-order valence-electron chi connectivity index (χ3n) is 5.75. The number of hydrogen-bond donors (Lipinski definition) is 0. The molecule has 0 aliphatic carbocycles. The van der Waals surface area contributed by atoms with Crippen molar-refractivity contribution in [2.24, 2.45) is 5.92 Å². The maximum absolute atomic E-state index is 12.6. The van der Waals surface area contributed by atoms with E-state index in [2.05, 4.69) is 46.6 Å². The summed E-state index contributed by atoms with van der Waals surface area (Å²) in [6.07, 6.45) is 3.61. The summed E-state index contributed by atoms with van der Waals surface area (Å²) in [5.74, 6) is 1.69. The number of carbonyl (C=O) groups excluding carboxylic acids is 1. The van der Waals surface area contributed by atoms with Gasteiger partial charge in [-0.3, -0.25) is 4.79 Å². The van der Waals surface area contributed by atoms with E-state index in [1.54, 1.807) is 7.11 Å². The number of nitrogens with zero attached hydrogens (tertiary/aromatic N) is 3. The molecule has 0 saturated carbocycles. The number of aromatic nitrogens is 2. The van der Waals surface area contributed by atoms with Gasteiger partial charge in [-0.1, -0.05) is 54.6 Å². The van der Waals surface area contributed by atoms with Crippen molar-refractivity contribution in [3.8, 4) is 11.1 Å². The predicted molar refractivity (Wildman–Crippen MR) is 118 cm³/mol. The average Bonchev–Trinajstić information content (AvgIpc) is 3.26. The lowest BCUT2D eigenvalue weighted by Crippen LogP contribution is -2.41. The molecule has 1 aliphatic heterocycles. The normalized spacial score (nSPS) is 16.4. The number of ether oxygens (including phenoxy) is 1. The fourth-order valence-corrected chi connectivity index (χ4v) is 4.12. The second-order valence-electron chi connectivity index (χ2n) is 8.13. The van der Waals surface area contributed by atoms with Gasteiger partial charge in [0.25, 0.3) is 0 Å². The monoisotopic (exact) mass is 419 g/mol. The van der Waals surface area contributed by atoms with Crippen LogP contribution in [-0.2, 0) is 22.4 Å². The van der Waals surface area contributed by atoms with E-state index in [1.165, 1.54) is 11.1 Å². The van der Waals surface area contributed by atoms with Crippen molar-refractivity contribution >= 4 is 5.91 Å². The van der Waals surface area contributed by atoms with Crippen molar-refractivity contribution in [3.63, 3.8) is 0 Å². The number of carbonyl (C=O) groups is 1. The number of rotatable bonds is 8. The van der Waals surface area contributed by atoms with Gasteiger partial charge in [-0.15, -0.1) is 10.2 Å². The van der Waals surface area contributed by atoms with Crippen LogP contribution in [0.5, 0.6) is 0 Å². The molecule has 1 amide bonds. The molecule has 1 saturated heterocycles. The van der Waals surface area contributed by atoms with Crippen molar-refractivity contribution < 1.29 is 13.9 Å². The largest absolute Gasteiger partial charge is 0.425 e. The molecule has 3 aromatic rings. The minimum absolute atomic E-state index is 0.150. The molecular weight excluding hydrogens is 390 g/mol. The fourth-order valence-electron chi connectivity index (χ4n) is 4.12. The zero-order chi connectivity index (χ0) is 21.5. The highest BCUT2D eigenvalue weighted by atomic mass is 16.5. The molecular formula is C25H29N3O3. The number of likely N-dealkylation sites (tertiary alicyclic amines) is 1. The number of hydrogen-bond acceptors (Lipinski definition) is 5. The predicted octanol–water partition coefficient (Wildman–Crippen LogP) is 4.15. The van der Waals surface area contributed by atoms with Gasteiger partial charge in [0.15, 0.2) is 0 Å². The summed E-state index contributed by atoms with van der Waals surface area (Å²) in [7, 11) is 1.71. The topological polar surface area (TPSA) is 68.5 Å².